The van der Waals surface area contributed by atoms with Crippen LogP contribution >= 0.6 is 0 Å². The normalized spacial score (nSPS) is 12.7. The number of para-hydroxylation sites is 1. The van der Waals surface area contributed by atoms with E-state index in [1.165, 1.54) is 55.3 Å². The van der Waals surface area contributed by atoms with Crippen LogP contribution in [0.4, 0.5) is 17.1 Å². The smallest absolute Gasteiger partial charge is 0.137 e. The maximum absolute atomic E-state index is 6.56. The van der Waals surface area contributed by atoms with E-state index in [0.29, 0.717) is 0 Å². The molecule has 1 aromatic heterocycles. The first-order valence-corrected chi connectivity index (χ1v) is 21.0. The van der Waals surface area contributed by atoms with Crippen LogP contribution in [0.5, 0.6) is 0 Å². The van der Waals surface area contributed by atoms with Crippen molar-refractivity contribution in [1.29, 1.82) is 0 Å². The highest BCUT2D eigenvalue weighted by atomic mass is 16.3. The molecule has 0 N–H and O–H groups in total. The number of benzene rings is 10. The molecule has 61 heavy (non-hydrogen) atoms. The van der Waals surface area contributed by atoms with Crippen molar-refractivity contribution in [3.05, 3.63) is 259 Å². The summed E-state index contributed by atoms with van der Waals surface area (Å²) in [6.45, 7) is 0. The van der Waals surface area contributed by atoms with Gasteiger partial charge in [0.05, 0.1) is 11.1 Å². The van der Waals surface area contributed by atoms with Gasteiger partial charge in [0.1, 0.15) is 11.2 Å². The van der Waals surface area contributed by atoms with Crippen LogP contribution in [0.3, 0.4) is 0 Å². The molecule has 2 heteroatoms. The van der Waals surface area contributed by atoms with Crippen LogP contribution in [0, 0.1) is 0 Å². The minimum Gasteiger partial charge on any atom is -0.456 e. The lowest BCUT2D eigenvalue weighted by atomic mass is 9.68. The van der Waals surface area contributed by atoms with Gasteiger partial charge >= 0.3 is 0 Å². The predicted molar refractivity (Wildman–Crippen MR) is 254 cm³/mol. The highest BCUT2D eigenvalue weighted by Gasteiger charge is 2.47. The highest BCUT2D eigenvalue weighted by molar-refractivity contribution is 6.07. The summed E-state index contributed by atoms with van der Waals surface area (Å²) in [7, 11) is 0. The second kappa shape index (κ2) is 14.1. The quantitative estimate of drug-likeness (QED) is 0.160. The molecule has 0 aliphatic heterocycles. The number of fused-ring (bicyclic) bond motifs is 7. The summed E-state index contributed by atoms with van der Waals surface area (Å²) in [6, 6.07) is 86.1. The molecule has 0 radical (unpaired) electrons. The summed E-state index contributed by atoms with van der Waals surface area (Å²) in [5.41, 5.74) is 16.6. The summed E-state index contributed by atoms with van der Waals surface area (Å²) in [5.74, 6) is 0. The molecule has 2 nitrogen and oxygen atoms in total. The van der Waals surface area contributed by atoms with E-state index in [0.717, 1.165) is 50.1 Å². The monoisotopic (exact) mass is 777 g/mol. The second-order valence-electron chi connectivity index (χ2n) is 16.0. The van der Waals surface area contributed by atoms with Gasteiger partial charge in [0.25, 0.3) is 0 Å². The number of hydrogen-bond donors (Lipinski definition) is 0. The molecule has 1 aliphatic rings. The van der Waals surface area contributed by atoms with E-state index in [2.05, 4.69) is 235 Å². The molecule has 10 aromatic carbocycles. The molecule has 286 valence electrons. The molecule has 1 aliphatic carbocycles. The van der Waals surface area contributed by atoms with Gasteiger partial charge in [0.2, 0.25) is 0 Å². The van der Waals surface area contributed by atoms with E-state index in [1.54, 1.807) is 0 Å². The average molecular weight is 778 g/mol. The fraction of sp³-hybridized carbons (Fsp3) is 0.0169. The van der Waals surface area contributed by atoms with Gasteiger partial charge in [-0.25, -0.2) is 0 Å². The predicted octanol–water partition coefficient (Wildman–Crippen LogP) is 15.9. The van der Waals surface area contributed by atoms with Crippen molar-refractivity contribution in [1.82, 2.24) is 0 Å². The SMILES string of the molecule is c1ccc(C2(c3ccccc3)c3ccccc3-c3c(N(c4cccc(-c5cccc(-c6cccc7ccccc67)c5)c4)c4ccc5c(c4)oc4ccccc45)cccc32)cc1. The fourth-order valence-electron chi connectivity index (χ4n) is 10.1. The Morgan fingerprint density at radius 2 is 0.918 bits per heavy atom. The topological polar surface area (TPSA) is 16.4 Å². The van der Waals surface area contributed by atoms with Crippen molar-refractivity contribution >= 4 is 49.8 Å². The van der Waals surface area contributed by atoms with Crippen LogP contribution in [0.15, 0.2) is 241 Å². The molecule has 0 unspecified atom stereocenters. The first-order chi connectivity index (χ1) is 30.3. The van der Waals surface area contributed by atoms with E-state index >= 15 is 0 Å². The Labute approximate surface area is 355 Å². The molecule has 1 heterocycles. The Balaban J connectivity index is 1.10. The molecule has 0 spiro atoms. The van der Waals surface area contributed by atoms with Crippen molar-refractivity contribution in [2.75, 3.05) is 4.90 Å². The average Bonchev–Trinajstić information content (AvgIpc) is 3.86. The Hall–Kier alpha value is -7.94. The Bertz CT molecular complexity index is 3390. The zero-order chi connectivity index (χ0) is 40.3. The summed E-state index contributed by atoms with van der Waals surface area (Å²) in [4.78, 5) is 2.44. The maximum Gasteiger partial charge on any atom is 0.137 e. The largest absolute Gasteiger partial charge is 0.456 e. The number of hydrogen-bond acceptors (Lipinski definition) is 2. The van der Waals surface area contributed by atoms with Gasteiger partial charge in [0.15, 0.2) is 0 Å². The summed E-state index contributed by atoms with van der Waals surface area (Å²) < 4.78 is 6.56. The van der Waals surface area contributed by atoms with Crippen LogP contribution in [0.25, 0.3) is 66.1 Å². The van der Waals surface area contributed by atoms with Crippen LogP contribution in [-0.4, -0.2) is 0 Å². The fourth-order valence-corrected chi connectivity index (χ4v) is 10.1. The van der Waals surface area contributed by atoms with Gasteiger partial charge < -0.3 is 9.32 Å². The second-order valence-corrected chi connectivity index (χ2v) is 16.0. The minimum absolute atomic E-state index is 0.525. The van der Waals surface area contributed by atoms with Gasteiger partial charge in [-0.3, -0.25) is 0 Å². The third-order valence-electron chi connectivity index (χ3n) is 12.7. The maximum atomic E-state index is 6.56. The number of rotatable bonds is 7. The molecular weight excluding hydrogens is 739 g/mol. The zero-order valence-corrected chi connectivity index (χ0v) is 33.4. The van der Waals surface area contributed by atoms with Crippen molar-refractivity contribution in [3.8, 4) is 33.4 Å². The van der Waals surface area contributed by atoms with E-state index in [-0.39, 0.29) is 0 Å². The first-order valence-electron chi connectivity index (χ1n) is 21.0. The standard InChI is InChI=1S/C59H39NO/c1-3-22-44(23-4-1)59(45-24-5-2-6-25-45)53-31-11-9-29-52(53)58-54(59)32-16-33-55(58)60(47-35-36-51-50-28-10-12-34-56(50)61-57(51)39-47)46-26-14-20-42(38-46)41-19-13-21-43(37-41)49-30-15-18-40-17-7-8-27-48(40)49/h1-39H. The Morgan fingerprint density at radius 3 is 1.75 bits per heavy atom. The first kappa shape index (κ1) is 35.0. The lowest BCUT2D eigenvalue weighted by Crippen LogP contribution is -2.28. The zero-order valence-electron chi connectivity index (χ0n) is 33.4. The van der Waals surface area contributed by atoms with E-state index in [9.17, 15) is 0 Å². The third kappa shape index (κ3) is 5.50. The Morgan fingerprint density at radius 1 is 0.344 bits per heavy atom. The van der Waals surface area contributed by atoms with Crippen molar-refractivity contribution < 1.29 is 4.42 Å². The van der Waals surface area contributed by atoms with Crippen LogP contribution < -0.4 is 4.90 Å². The van der Waals surface area contributed by atoms with E-state index in [1.807, 2.05) is 6.07 Å². The van der Waals surface area contributed by atoms with Crippen LogP contribution in [0.1, 0.15) is 22.3 Å². The Kier molecular flexibility index (Phi) is 8.11. The van der Waals surface area contributed by atoms with Crippen molar-refractivity contribution in [3.63, 3.8) is 0 Å². The number of furan rings is 1. The lowest BCUT2D eigenvalue weighted by molar-refractivity contribution is 0.669. The van der Waals surface area contributed by atoms with Crippen LogP contribution in [0.2, 0.25) is 0 Å². The molecule has 0 atom stereocenters. The van der Waals surface area contributed by atoms with E-state index < -0.39 is 5.41 Å². The molecule has 0 bridgehead atoms. The molecule has 0 fully saturated rings. The third-order valence-corrected chi connectivity index (χ3v) is 12.7. The molecule has 0 saturated heterocycles. The van der Waals surface area contributed by atoms with Crippen molar-refractivity contribution in [2.24, 2.45) is 0 Å². The summed E-state index contributed by atoms with van der Waals surface area (Å²) in [5, 5.41) is 4.72. The molecule has 0 saturated carbocycles. The molecule has 12 rings (SSSR count). The summed E-state index contributed by atoms with van der Waals surface area (Å²) in [6.07, 6.45) is 0. The van der Waals surface area contributed by atoms with Gasteiger partial charge in [-0.05, 0) is 103 Å². The van der Waals surface area contributed by atoms with Gasteiger partial charge in [-0.15, -0.1) is 0 Å². The molecule has 11 aromatic rings. The molecule has 0 amide bonds. The lowest BCUT2D eigenvalue weighted by Gasteiger charge is -2.34. The highest BCUT2D eigenvalue weighted by Crippen LogP contribution is 2.59. The number of anilines is 3. The minimum atomic E-state index is -0.525. The summed E-state index contributed by atoms with van der Waals surface area (Å²) >= 11 is 0. The van der Waals surface area contributed by atoms with Crippen molar-refractivity contribution in [2.45, 2.75) is 5.41 Å². The number of nitrogens with zero attached hydrogens (tertiary/aromatic N) is 1. The van der Waals surface area contributed by atoms with Gasteiger partial charge in [-0.1, -0.05) is 188 Å². The van der Waals surface area contributed by atoms with Crippen LogP contribution in [-0.2, 0) is 5.41 Å². The van der Waals surface area contributed by atoms with E-state index in [4.69, 9.17) is 4.42 Å². The molecular formula is C59H39NO. The van der Waals surface area contributed by atoms with Gasteiger partial charge in [0, 0.05) is 33.8 Å². The van der Waals surface area contributed by atoms with Gasteiger partial charge in [-0.2, -0.15) is 0 Å².